The first-order valence-electron chi connectivity index (χ1n) is 13.7. The Balaban J connectivity index is 0.00000337. The molecule has 0 saturated carbocycles. The third kappa shape index (κ3) is 6.57. The molecule has 0 amide bonds. The summed E-state index contributed by atoms with van der Waals surface area (Å²) in [6, 6.07) is 51.4. The van der Waals surface area contributed by atoms with Crippen LogP contribution in [0.4, 0.5) is 22.7 Å². The van der Waals surface area contributed by atoms with Crippen LogP contribution < -0.4 is 10.6 Å². The van der Waals surface area contributed by atoms with E-state index in [2.05, 4.69) is 170 Å². The van der Waals surface area contributed by atoms with Crippen LogP contribution >= 0.6 is 9.90 Å². The fraction of sp³-hybridized carbons (Fsp3) is 0.0526. The molecule has 0 aliphatic heterocycles. The molecule has 0 spiro atoms. The number of anilines is 4. The van der Waals surface area contributed by atoms with Crippen LogP contribution in [0.3, 0.4) is 0 Å². The summed E-state index contributed by atoms with van der Waals surface area (Å²) in [6.45, 7) is 4.31. The predicted molar refractivity (Wildman–Crippen MR) is 183 cm³/mol. The van der Waals surface area contributed by atoms with Crippen molar-refractivity contribution in [3.8, 4) is 33.4 Å². The van der Waals surface area contributed by atoms with E-state index in [1.807, 2.05) is 0 Å². The largest absolute Gasteiger partial charge is 0.356 e. The van der Waals surface area contributed by atoms with Crippen LogP contribution in [-0.2, 0) is 0 Å². The number of hydrogen-bond acceptors (Lipinski definition) is 2. The molecule has 0 heterocycles. The smallest absolute Gasteiger partial charge is 0.0390 e. The van der Waals surface area contributed by atoms with Crippen molar-refractivity contribution in [1.82, 2.24) is 0 Å². The lowest BCUT2D eigenvalue weighted by Crippen LogP contribution is -1.92. The van der Waals surface area contributed by atoms with Crippen molar-refractivity contribution < 1.29 is 0 Å². The molecule has 1 atom stereocenters. The van der Waals surface area contributed by atoms with Gasteiger partial charge in [-0.25, -0.2) is 0 Å². The summed E-state index contributed by atoms with van der Waals surface area (Å²) in [5, 5.41) is 7.12. The average molecular weight is 551 g/mol. The first kappa shape index (κ1) is 27.9. The lowest BCUT2D eigenvalue weighted by Gasteiger charge is -2.12. The summed E-state index contributed by atoms with van der Waals surface area (Å²) >= 11 is 0. The van der Waals surface area contributed by atoms with Crippen LogP contribution in [0.2, 0.25) is 0 Å². The van der Waals surface area contributed by atoms with Gasteiger partial charge in [-0.1, -0.05) is 97.1 Å². The first-order chi connectivity index (χ1) is 19.6. The summed E-state index contributed by atoms with van der Waals surface area (Å²) < 4.78 is 0. The second-order valence-corrected chi connectivity index (χ2v) is 10.2. The molecule has 0 fully saturated rings. The van der Waals surface area contributed by atoms with Gasteiger partial charge in [-0.2, -0.15) is 9.90 Å². The van der Waals surface area contributed by atoms with Gasteiger partial charge in [0, 0.05) is 22.7 Å². The van der Waals surface area contributed by atoms with E-state index >= 15 is 0 Å². The Morgan fingerprint density at radius 2 is 0.732 bits per heavy atom. The molecular formula is C38H35N2P. The lowest BCUT2D eigenvalue weighted by atomic mass is 10.00. The van der Waals surface area contributed by atoms with Crippen molar-refractivity contribution in [2.24, 2.45) is 0 Å². The maximum absolute atomic E-state index is 3.56. The third-order valence-electron chi connectivity index (χ3n) is 7.32. The zero-order chi connectivity index (χ0) is 27.3. The van der Waals surface area contributed by atoms with Crippen molar-refractivity contribution in [2.75, 3.05) is 10.6 Å². The zero-order valence-corrected chi connectivity index (χ0v) is 25.0. The molecule has 2 N–H and O–H groups in total. The number of rotatable bonds is 7. The highest BCUT2D eigenvalue weighted by atomic mass is 31.0. The molecule has 0 aromatic heterocycles. The van der Waals surface area contributed by atoms with Gasteiger partial charge in [-0.15, -0.1) is 0 Å². The van der Waals surface area contributed by atoms with Crippen molar-refractivity contribution in [2.45, 2.75) is 13.8 Å². The Kier molecular flexibility index (Phi) is 8.63. The molecule has 2 nitrogen and oxygen atoms in total. The minimum atomic E-state index is 0. The monoisotopic (exact) mass is 550 g/mol. The van der Waals surface area contributed by atoms with Crippen molar-refractivity contribution in [3.63, 3.8) is 0 Å². The van der Waals surface area contributed by atoms with Gasteiger partial charge in [0.2, 0.25) is 0 Å². The van der Waals surface area contributed by atoms with Crippen molar-refractivity contribution in [3.05, 3.63) is 157 Å². The summed E-state index contributed by atoms with van der Waals surface area (Å²) in [7, 11) is 0. The van der Waals surface area contributed by atoms with Crippen molar-refractivity contribution in [1.29, 1.82) is 0 Å². The standard InChI is InChI=1S/C38H32N2.H3P/c1-27-9-3-5-15-37(27)31-11-7-13-35(25-31)39-33-21-17-29(18-22-33)30-19-23-34(24-20-30)40-36-14-8-12-32(26-36)38-16-6-4-10-28(38)2;/h3-26,39-40H,1-2H3;1H3. The summed E-state index contributed by atoms with van der Waals surface area (Å²) in [6.07, 6.45) is 0. The number of hydrogen-bond donors (Lipinski definition) is 2. The van der Waals surface area contributed by atoms with Crippen LogP contribution in [0.15, 0.2) is 146 Å². The molecule has 0 radical (unpaired) electrons. The average Bonchev–Trinajstić information content (AvgIpc) is 2.99. The van der Waals surface area contributed by atoms with E-state index in [-0.39, 0.29) is 9.90 Å². The van der Waals surface area contributed by atoms with Gasteiger partial charge in [0.15, 0.2) is 0 Å². The fourth-order valence-electron chi connectivity index (χ4n) is 5.15. The molecular weight excluding hydrogens is 515 g/mol. The van der Waals surface area contributed by atoms with Crippen molar-refractivity contribution >= 4 is 32.6 Å². The predicted octanol–water partition coefficient (Wildman–Crippen LogP) is 10.8. The van der Waals surface area contributed by atoms with E-state index in [0.29, 0.717) is 0 Å². The molecule has 41 heavy (non-hydrogen) atoms. The topological polar surface area (TPSA) is 24.1 Å². The molecule has 6 aromatic carbocycles. The molecule has 0 saturated heterocycles. The Morgan fingerprint density at radius 3 is 1.12 bits per heavy atom. The van der Waals surface area contributed by atoms with E-state index in [9.17, 15) is 0 Å². The van der Waals surface area contributed by atoms with E-state index in [1.54, 1.807) is 0 Å². The molecule has 6 rings (SSSR count). The molecule has 0 aliphatic carbocycles. The minimum absolute atomic E-state index is 0. The summed E-state index contributed by atoms with van der Waals surface area (Å²) in [4.78, 5) is 0. The number of benzene rings is 6. The SMILES string of the molecule is Cc1ccccc1-c1cccc(Nc2ccc(-c3ccc(Nc4cccc(-c5ccccc5C)c4)cc3)cc2)c1.P. The van der Waals surface area contributed by atoms with E-state index in [4.69, 9.17) is 0 Å². The highest BCUT2D eigenvalue weighted by Gasteiger charge is 2.05. The first-order valence-corrected chi connectivity index (χ1v) is 13.7. The Hall–Kier alpha value is -4.65. The highest BCUT2D eigenvalue weighted by molar-refractivity contribution is 6.92. The Bertz CT molecular complexity index is 1620. The maximum Gasteiger partial charge on any atom is 0.0390 e. The quantitative estimate of drug-likeness (QED) is 0.193. The second kappa shape index (κ2) is 12.7. The molecule has 0 bridgehead atoms. The van der Waals surface area contributed by atoms with Gasteiger partial charge < -0.3 is 10.6 Å². The van der Waals surface area contributed by atoms with Crippen LogP contribution in [0.5, 0.6) is 0 Å². The van der Waals surface area contributed by atoms with Gasteiger partial charge >= 0.3 is 0 Å². The van der Waals surface area contributed by atoms with Gasteiger partial charge in [-0.05, 0) is 107 Å². The van der Waals surface area contributed by atoms with Crippen LogP contribution in [0.25, 0.3) is 33.4 Å². The van der Waals surface area contributed by atoms with Gasteiger partial charge in [0.25, 0.3) is 0 Å². The van der Waals surface area contributed by atoms with Gasteiger partial charge in [0.1, 0.15) is 0 Å². The number of aryl methyl sites for hydroxylation is 2. The molecule has 0 aliphatic rings. The molecule has 202 valence electrons. The zero-order valence-electron chi connectivity index (χ0n) is 23.6. The highest BCUT2D eigenvalue weighted by Crippen LogP contribution is 2.30. The van der Waals surface area contributed by atoms with E-state index in [1.165, 1.54) is 44.5 Å². The third-order valence-corrected chi connectivity index (χ3v) is 7.32. The Morgan fingerprint density at radius 1 is 0.341 bits per heavy atom. The normalized spacial score (nSPS) is 10.5. The van der Waals surface area contributed by atoms with Gasteiger partial charge in [-0.3, -0.25) is 0 Å². The fourth-order valence-corrected chi connectivity index (χ4v) is 5.15. The molecule has 3 heteroatoms. The summed E-state index contributed by atoms with van der Waals surface area (Å²) in [5.41, 5.74) is 14.2. The summed E-state index contributed by atoms with van der Waals surface area (Å²) in [5.74, 6) is 0. The van der Waals surface area contributed by atoms with Crippen LogP contribution in [0.1, 0.15) is 11.1 Å². The van der Waals surface area contributed by atoms with Crippen LogP contribution in [-0.4, -0.2) is 0 Å². The Labute approximate surface area is 246 Å². The molecule has 1 unspecified atom stereocenters. The van der Waals surface area contributed by atoms with Gasteiger partial charge in [0.05, 0.1) is 0 Å². The molecule has 6 aromatic rings. The lowest BCUT2D eigenvalue weighted by molar-refractivity contribution is 1.45. The number of nitrogens with one attached hydrogen (secondary N) is 2. The van der Waals surface area contributed by atoms with E-state index < -0.39 is 0 Å². The maximum atomic E-state index is 3.56. The second-order valence-electron chi connectivity index (χ2n) is 10.2. The minimum Gasteiger partial charge on any atom is -0.356 e. The van der Waals surface area contributed by atoms with E-state index in [0.717, 1.165) is 22.7 Å². The van der Waals surface area contributed by atoms with Crippen LogP contribution in [0, 0.1) is 13.8 Å².